The molecular weight excluding hydrogens is 362 g/mol. The van der Waals surface area contributed by atoms with Gasteiger partial charge in [0.15, 0.2) is 4.32 Å². The molecule has 0 heterocycles. The maximum absolute atomic E-state index is 11.1. The van der Waals surface area contributed by atoms with Gasteiger partial charge in [0.1, 0.15) is 0 Å². The topological polar surface area (TPSA) is 101 Å². The summed E-state index contributed by atoms with van der Waals surface area (Å²) in [4.78, 5) is 21.2. The first kappa shape index (κ1) is 14.1. The highest BCUT2D eigenvalue weighted by Gasteiger charge is 2.42. The SMILES string of the molecule is O=C(O)C(Br)(CO)c1ccc(Br)cc1[N+](=O)[O-]. The largest absolute Gasteiger partial charge is 0.480 e. The van der Waals surface area contributed by atoms with Crippen molar-refractivity contribution in [2.75, 3.05) is 6.61 Å². The standard InChI is InChI=1S/C9H7Br2NO5/c10-5-1-2-6(7(3-5)12(16)17)9(11,4-13)8(14)15/h1-3,13H,4H2,(H,14,15). The zero-order valence-electron chi connectivity index (χ0n) is 8.26. The van der Waals surface area contributed by atoms with Gasteiger partial charge in [0.2, 0.25) is 0 Å². The number of nitrogens with zero attached hydrogens (tertiary/aromatic N) is 1. The van der Waals surface area contributed by atoms with Gasteiger partial charge in [0.25, 0.3) is 5.69 Å². The zero-order valence-corrected chi connectivity index (χ0v) is 11.4. The lowest BCUT2D eigenvalue weighted by Crippen LogP contribution is -2.33. The van der Waals surface area contributed by atoms with Crippen molar-refractivity contribution in [1.29, 1.82) is 0 Å². The fourth-order valence-electron chi connectivity index (χ4n) is 1.26. The monoisotopic (exact) mass is 367 g/mol. The lowest BCUT2D eigenvalue weighted by Gasteiger charge is -2.20. The number of carbonyl (C=O) groups is 1. The average molecular weight is 369 g/mol. The van der Waals surface area contributed by atoms with Crippen LogP contribution >= 0.6 is 31.9 Å². The molecule has 0 saturated carbocycles. The molecular formula is C9H7Br2NO5. The second kappa shape index (κ2) is 5.11. The van der Waals surface area contributed by atoms with Gasteiger partial charge >= 0.3 is 5.97 Å². The van der Waals surface area contributed by atoms with Crippen molar-refractivity contribution in [2.45, 2.75) is 4.32 Å². The smallest absolute Gasteiger partial charge is 0.327 e. The molecule has 17 heavy (non-hydrogen) atoms. The highest BCUT2D eigenvalue weighted by atomic mass is 79.9. The van der Waals surface area contributed by atoms with Crippen molar-refractivity contribution in [3.63, 3.8) is 0 Å². The van der Waals surface area contributed by atoms with Crippen LogP contribution in [-0.4, -0.2) is 27.7 Å². The fraction of sp³-hybridized carbons (Fsp3) is 0.222. The van der Waals surface area contributed by atoms with Crippen LogP contribution in [0.15, 0.2) is 22.7 Å². The third-order valence-corrected chi connectivity index (χ3v) is 3.65. The molecule has 92 valence electrons. The molecule has 0 aliphatic carbocycles. The molecule has 1 aromatic carbocycles. The Morgan fingerprint density at radius 1 is 1.53 bits per heavy atom. The van der Waals surface area contributed by atoms with Gasteiger partial charge in [-0.1, -0.05) is 31.9 Å². The molecule has 1 unspecified atom stereocenters. The van der Waals surface area contributed by atoms with Gasteiger partial charge in [-0.2, -0.15) is 0 Å². The second-order valence-corrected chi connectivity index (χ2v) is 5.45. The summed E-state index contributed by atoms with van der Waals surface area (Å²) in [5.41, 5.74) is -0.492. The molecule has 0 aromatic heterocycles. The highest BCUT2D eigenvalue weighted by molar-refractivity contribution is 9.10. The molecule has 8 heteroatoms. The summed E-state index contributed by atoms with van der Waals surface area (Å²) < 4.78 is -1.43. The summed E-state index contributed by atoms with van der Waals surface area (Å²) in [5.74, 6) is -1.40. The maximum atomic E-state index is 11.1. The molecule has 0 spiro atoms. The number of aliphatic hydroxyl groups excluding tert-OH is 1. The first-order valence-electron chi connectivity index (χ1n) is 4.30. The number of carboxylic acids is 1. The van der Waals surface area contributed by atoms with Gasteiger partial charge in [-0.3, -0.25) is 14.9 Å². The summed E-state index contributed by atoms with van der Waals surface area (Å²) >= 11 is 5.89. The molecule has 0 fully saturated rings. The lowest BCUT2D eigenvalue weighted by molar-refractivity contribution is -0.385. The summed E-state index contributed by atoms with van der Waals surface area (Å²) in [5, 5.41) is 29.0. The average Bonchev–Trinajstić information content (AvgIpc) is 2.27. The number of aliphatic hydroxyl groups is 1. The van der Waals surface area contributed by atoms with E-state index in [0.29, 0.717) is 4.47 Å². The van der Waals surface area contributed by atoms with Gasteiger partial charge in [0.05, 0.1) is 17.1 Å². The minimum atomic E-state index is -1.88. The lowest BCUT2D eigenvalue weighted by atomic mass is 9.98. The number of hydrogen-bond donors (Lipinski definition) is 2. The van der Waals surface area contributed by atoms with Gasteiger partial charge < -0.3 is 10.2 Å². The minimum Gasteiger partial charge on any atom is -0.480 e. The number of rotatable bonds is 4. The van der Waals surface area contributed by atoms with Crippen LogP contribution in [0.1, 0.15) is 5.56 Å². The van der Waals surface area contributed by atoms with E-state index in [-0.39, 0.29) is 11.3 Å². The Hall–Kier alpha value is -0.990. The maximum Gasteiger partial charge on any atom is 0.327 e. The van der Waals surface area contributed by atoms with E-state index >= 15 is 0 Å². The fourth-order valence-corrected chi connectivity index (χ4v) is 1.94. The van der Waals surface area contributed by atoms with E-state index < -0.39 is 21.8 Å². The Morgan fingerprint density at radius 2 is 2.12 bits per heavy atom. The quantitative estimate of drug-likeness (QED) is 0.481. The summed E-state index contributed by atoms with van der Waals surface area (Å²) in [7, 11) is 0. The van der Waals surface area contributed by atoms with Crippen molar-refractivity contribution in [2.24, 2.45) is 0 Å². The van der Waals surface area contributed by atoms with Gasteiger partial charge in [-0.15, -0.1) is 0 Å². The molecule has 0 saturated heterocycles. The van der Waals surface area contributed by atoms with Crippen LogP contribution in [0.5, 0.6) is 0 Å². The predicted molar refractivity (Wildman–Crippen MR) is 66.1 cm³/mol. The van der Waals surface area contributed by atoms with E-state index in [2.05, 4.69) is 31.9 Å². The van der Waals surface area contributed by atoms with Gasteiger partial charge in [-0.05, 0) is 12.1 Å². The van der Waals surface area contributed by atoms with Gasteiger partial charge in [0, 0.05) is 10.5 Å². The molecule has 1 rings (SSSR count). The third-order valence-electron chi connectivity index (χ3n) is 2.14. The molecule has 1 aromatic rings. The summed E-state index contributed by atoms with van der Waals surface area (Å²) in [6.07, 6.45) is 0. The van der Waals surface area contributed by atoms with E-state index in [1.165, 1.54) is 18.2 Å². The van der Waals surface area contributed by atoms with Crippen molar-refractivity contribution < 1.29 is 19.9 Å². The molecule has 0 radical (unpaired) electrons. The predicted octanol–water partition coefficient (Wildman–Crippen LogP) is 2.02. The van der Waals surface area contributed by atoms with E-state index in [0.717, 1.165) is 0 Å². The van der Waals surface area contributed by atoms with Gasteiger partial charge in [-0.25, -0.2) is 0 Å². The van der Waals surface area contributed by atoms with Crippen LogP contribution in [0, 0.1) is 10.1 Å². The number of nitro benzene ring substituents is 1. The van der Waals surface area contributed by atoms with E-state index in [1.54, 1.807) is 0 Å². The highest BCUT2D eigenvalue weighted by Crippen LogP contribution is 2.38. The molecule has 2 N–H and O–H groups in total. The van der Waals surface area contributed by atoms with Crippen LogP contribution < -0.4 is 0 Å². The zero-order chi connectivity index (χ0) is 13.2. The Labute approximate surface area is 113 Å². The number of aliphatic carboxylic acids is 1. The van der Waals surface area contributed by atoms with Crippen LogP contribution in [0.25, 0.3) is 0 Å². The van der Waals surface area contributed by atoms with E-state index in [4.69, 9.17) is 10.2 Å². The molecule has 0 aliphatic heterocycles. The summed E-state index contributed by atoms with van der Waals surface area (Å²) in [6, 6.07) is 3.93. The van der Waals surface area contributed by atoms with E-state index in [9.17, 15) is 14.9 Å². The van der Waals surface area contributed by atoms with E-state index in [1.807, 2.05) is 0 Å². The van der Waals surface area contributed by atoms with Crippen molar-refractivity contribution >= 4 is 43.5 Å². The minimum absolute atomic E-state index is 0.110. The first-order chi connectivity index (χ1) is 7.82. The molecule has 1 atom stereocenters. The molecule has 6 nitrogen and oxygen atoms in total. The third kappa shape index (κ3) is 2.64. The number of halogens is 2. The van der Waals surface area contributed by atoms with Crippen LogP contribution in [0.4, 0.5) is 5.69 Å². The molecule has 0 amide bonds. The number of benzene rings is 1. The number of nitro groups is 1. The first-order valence-corrected chi connectivity index (χ1v) is 5.89. The normalized spacial score (nSPS) is 14.1. The Morgan fingerprint density at radius 3 is 2.53 bits per heavy atom. The second-order valence-electron chi connectivity index (χ2n) is 3.18. The molecule has 0 aliphatic rings. The van der Waals surface area contributed by atoms with Crippen molar-refractivity contribution in [3.8, 4) is 0 Å². The number of carboxylic acid groups (broad SMARTS) is 1. The Kier molecular flexibility index (Phi) is 4.23. The van der Waals surface area contributed by atoms with Crippen molar-refractivity contribution in [1.82, 2.24) is 0 Å². The summed E-state index contributed by atoms with van der Waals surface area (Å²) in [6.45, 7) is -0.801. The number of alkyl halides is 1. The van der Waals surface area contributed by atoms with Crippen LogP contribution in [0.3, 0.4) is 0 Å². The van der Waals surface area contributed by atoms with Crippen LogP contribution in [-0.2, 0) is 9.12 Å². The Balaban J connectivity index is 3.49. The van der Waals surface area contributed by atoms with Crippen LogP contribution in [0.2, 0.25) is 0 Å². The number of hydrogen-bond acceptors (Lipinski definition) is 4. The molecule has 0 bridgehead atoms. The van der Waals surface area contributed by atoms with Crippen molar-refractivity contribution in [3.05, 3.63) is 38.3 Å². The Bertz CT molecular complexity index is 478.